The van der Waals surface area contributed by atoms with Crippen molar-refractivity contribution < 1.29 is 4.79 Å². The van der Waals surface area contributed by atoms with Gasteiger partial charge in [-0.05, 0) is 30.5 Å². The highest BCUT2D eigenvalue weighted by molar-refractivity contribution is 5.97. The lowest BCUT2D eigenvalue weighted by atomic mass is 10.1. The Kier molecular flexibility index (Phi) is 3.32. The molecular formula is C15H15N5O. The fourth-order valence-electron chi connectivity index (χ4n) is 2.24. The number of carbonyl (C=O) groups is 1. The van der Waals surface area contributed by atoms with E-state index in [0.29, 0.717) is 23.7 Å². The van der Waals surface area contributed by atoms with Crippen LogP contribution in [0, 0.1) is 11.3 Å². The van der Waals surface area contributed by atoms with E-state index in [-0.39, 0.29) is 11.6 Å². The number of hydrogen-bond acceptors (Lipinski definition) is 4. The predicted octanol–water partition coefficient (Wildman–Crippen LogP) is 1.67. The van der Waals surface area contributed by atoms with Crippen LogP contribution in [0.5, 0.6) is 0 Å². The number of nitrogens with one attached hydrogen (secondary N) is 2. The van der Waals surface area contributed by atoms with Crippen LogP contribution in [0.15, 0.2) is 24.3 Å². The minimum absolute atomic E-state index is 0.244. The van der Waals surface area contributed by atoms with Gasteiger partial charge in [-0.3, -0.25) is 9.89 Å². The fraction of sp³-hybridized carbons (Fsp3) is 0.267. The van der Waals surface area contributed by atoms with E-state index in [1.54, 1.807) is 18.2 Å². The summed E-state index contributed by atoms with van der Waals surface area (Å²) >= 11 is 0. The molecule has 0 atom stereocenters. The summed E-state index contributed by atoms with van der Waals surface area (Å²) in [4.78, 5) is 12.1. The van der Waals surface area contributed by atoms with Crippen LogP contribution in [-0.4, -0.2) is 16.1 Å². The zero-order chi connectivity index (χ0) is 14.8. The van der Waals surface area contributed by atoms with Crippen LogP contribution in [0.3, 0.4) is 0 Å². The lowest BCUT2D eigenvalue weighted by molar-refractivity contribution is 0.0947. The number of benzene rings is 1. The minimum Gasteiger partial charge on any atom is -0.395 e. The number of aromatic amines is 1. The SMILES string of the molecule is N#Cc1cccc(CNC(=O)c2n[nH]c(C3CC3)c2N)c1. The number of nitrogen functional groups attached to an aromatic ring is 1. The van der Waals surface area contributed by atoms with E-state index in [9.17, 15) is 4.79 Å². The lowest BCUT2D eigenvalue weighted by Gasteiger charge is -2.04. The molecule has 0 spiro atoms. The molecule has 6 nitrogen and oxygen atoms in total. The summed E-state index contributed by atoms with van der Waals surface area (Å²) in [6.07, 6.45) is 2.18. The van der Waals surface area contributed by atoms with Gasteiger partial charge in [0, 0.05) is 12.5 Å². The zero-order valence-electron chi connectivity index (χ0n) is 11.4. The summed E-state index contributed by atoms with van der Waals surface area (Å²) in [5, 5.41) is 18.5. The van der Waals surface area contributed by atoms with Crippen LogP contribution < -0.4 is 11.1 Å². The molecule has 1 saturated carbocycles. The predicted molar refractivity (Wildman–Crippen MR) is 77.3 cm³/mol. The molecule has 0 radical (unpaired) electrons. The van der Waals surface area contributed by atoms with Crippen LogP contribution in [0.1, 0.15) is 46.1 Å². The second-order valence-corrected chi connectivity index (χ2v) is 5.17. The maximum absolute atomic E-state index is 12.1. The van der Waals surface area contributed by atoms with Crippen LogP contribution >= 0.6 is 0 Å². The molecule has 0 saturated heterocycles. The largest absolute Gasteiger partial charge is 0.395 e. The molecule has 0 aliphatic heterocycles. The number of carbonyl (C=O) groups excluding carboxylic acids is 1. The Bertz CT molecular complexity index is 724. The van der Waals surface area contributed by atoms with Gasteiger partial charge in [-0.2, -0.15) is 10.4 Å². The van der Waals surface area contributed by atoms with E-state index in [1.807, 2.05) is 6.07 Å². The number of nitriles is 1. The van der Waals surface area contributed by atoms with Gasteiger partial charge >= 0.3 is 0 Å². The Morgan fingerprint density at radius 3 is 3.05 bits per heavy atom. The van der Waals surface area contributed by atoms with Crippen molar-refractivity contribution in [2.45, 2.75) is 25.3 Å². The molecule has 0 bridgehead atoms. The molecule has 2 aromatic rings. The van der Waals surface area contributed by atoms with Crippen molar-refractivity contribution in [3.63, 3.8) is 0 Å². The highest BCUT2D eigenvalue weighted by Crippen LogP contribution is 2.42. The van der Waals surface area contributed by atoms with E-state index in [4.69, 9.17) is 11.0 Å². The number of nitrogens with two attached hydrogens (primary N) is 1. The molecule has 6 heteroatoms. The lowest BCUT2D eigenvalue weighted by Crippen LogP contribution is -2.24. The summed E-state index contributed by atoms with van der Waals surface area (Å²) in [6, 6.07) is 9.17. The van der Waals surface area contributed by atoms with E-state index < -0.39 is 0 Å². The third-order valence-corrected chi connectivity index (χ3v) is 3.54. The van der Waals surface area contributed by atoms with Crippen LogP contribution in [0.25, 0.3) is 0 Å². The average molecular weight is 281 g/mol. The standard InChI is InChI=1S/C15H15N5O/c16-7-9-2-1-3-10(6-9)8-18-15(21)14-12(17)13(19-20-14)11-4-5-11/h1-3,6,11H,4-5,8,17H2,(H,18,21)(H,19,20). The first kappa shape index (κ1) is 13.2. The molecule has 1 aromatic carbocycles. The maximum Gasteiger partial charge on any atom is 0.274 e. The molecule has 21 heavy (non-hydrogen) atoms. The summed E-state index contributed by atoms with van der Waals surface area (Å²) in [6.45, 7) is 0.333. The normalized spacial score (nSPS) is 13.7. The Balaban J connectivity index is 1.67. The average Bonchev–Trinajstić information content (AvgIpc) is 3.28. The maximum atomic E-state index is 12.1. The molecule has 1 aromatic heterocycles. The first-order valence-electron chi connectivity index (χ1n) is 6.80. The van der Waals surface area contributed by atoms with Crippen LogP contribution in [0.2, 0.25) is 0 Å². The molecule has 1 aliphatic rings. The van der Waals surface area contributed by atoms with Crippen molar-refractivity contribution in [1.82, 2.24) is 15.5 Å². The van der Waals surface area contributed by atoms with Crippen LogP contribution in [-0.2, 0) is 6.54 Å². The van der Waals surface area contributed by atoms with Gasteiger partial charge in [0.15, 0.2) is 5.69 Å². The summed E-state index contributed by atoms with van der Waals surface area (Å²) in [5.74, 6) is 0.115. The van der Waals surface area contributed by atoms with Crippen molar-refractivity contribution in [3.8, 4) is 6.07 Å². The molecule has 4 N–H and O–H groups in total. The Morgan fingerprint density at radius 1 is 1.52 bits per heavy atom. The Morgan fingerprint density at radius 2 is 2.33 bits per heavy atom. The second kappa shape index (κ2) is 5.29. The summed E-state index contributed by atoms with van der Waals surface area (Å²) in [5.41, 5.74) is 8.95. The molecule has 1 aliphatic carbocycles. The van der Waals surface area contributed by atoms with Crippen molar-refractivity contribution in [2.24, 2.45) is 0 Å². The number of amides is 1. The van der Waals surface area contributed by atoms with Gasteiger partial charge < -0.3 is 11.1 Å². The third kappa shape index (κ3) is 2.72. The summed E-state index contributed by atoms with van der Waals surface area (Å²) in [7, 11) is 0. The molecule has 1 heterocycles. The molecule has 1 fully saturated rings. The van der Waals surface area contributed by atoms with Gasteiger partial charge in [0.25, 0.3) is 5.91 Å². The van der Waals surface area contributed by atoms with Crippen molar-refractivity contribution >= 4 is 11.6 Å². The number of hydrogen-bond donors (Lipinski definition) is 3. The number of rotatable bonds is 4. The third-order valence-electron chi connectivity index (χ3n) is 3.54. The number of aromatic nitrogens is 2. The van der Waals surface area contributed by atoms with E-state index >= 15 is 0 Å². The van der Waals surface area contributed by atoms with Gasteiger partial charge in [0.2, 0.25) is 0 Å². The van der Waals surface area contributed by atoms with Crippen molar-refractivity contribution in [3.05, 3.63) is 46.8 Å². The Hall–Kier alpha value is -2.81. The first-order chi connectivity index (χ1) is 10.2. The number of nitrogens with zero attached hydrogens (tertiary/aromatic N) is 2. The molecule has 1 amide bonds. The first-order valence-corrected chi connectivity index (χ1v) is 6.80. The van der Waals surface area contributed by atoms with Gasteiger partial charge in [-0.25, -0.2) is 0 Å². The minimum atomic E-state index is -0.307. The molecule has 3 rings (SSSR count). The zero-order valence-corrected chi connectivity index (χ0v) is 11.4. The number of anilines is 1. The fourth-order valence-corrected chi connectivity index (χ4v) is 2.24. The summed E-state index contributed by atoms with van der Waals surface area (Å²) < 4.78 is 0. The van der Waals surface area contributed by atoms with Gasteiger partial charge in [-0.1, -0.05) is 12.1 Å². The highest BCUT2D eigenvalue weighted by Gasteiger charge is 2.30. The molecular weight excluding hydrogens is 266 g/mol. The van der Waals surface area contributed by atoms with Gasteiger partial charge in [-0.15, -0.1) is 0 Å². The quantitative estimate of drug-likeness (QED) is 0.792. The Labute approximate surface area is 122 Å². The number of H-pyrrole nitrogens is 1. The van der Waals surface area contributed by atoms with Gasteiger partial charge in [0.1, 0.15) is 0 Å². The topological polar surface area (TPSA) is 108 Å². The van der Waals surface area contributed by atoms with E-state index in [1.165, 1.54) is 0 Å². The molecule has 0 unspecified atom stereocenters. The van der Waals surface area contributed by atoms with E-state index in [2.05, 4.69) is 21.6 Å². The van der Waals surface area contributed by atoms with Crippen LogP contribution in [0.4, 0.5) is 5.69 Å². The smallest absolute Gasteiger partial charge is 0.274 e. The van der Waals surface area contributed by atoms with Crippen molar-refractivity contribution in [1.29, 1.82) is 5.26 Å². The second-order valence-electron chi connectivity index (χ2n) is 5.17. The van der Waals surface area contributed by atoms with Crippen molar-refractivity contribution in [2.75, 3.05) is 5.73 Å². The van der Waals surface area contributed by atoms with E-state index in [0.717, 1.165) is 24.1 Å². The molecule has 106 valence electrons. The monoisotopic (exact) mass is 281 g/mol. The van der Waals surface area contributed by atoms with Gasteiger partial charge in [0.05, 0.1) is 23.0 Å². The highest BCUT2D eigenvalue weighted by atomic mass is 16.1.